The Balaban J connectivity index is 2.94. The number of nitro groups is 2. The molecule has 1 aliphatic rings. The van der Waals surface area contributed by atoms with Gasteiger partial charge >= 0.3 is 5.66 Å². The fourth-order valence-electron chi connectivity index (χ4n) is 1.20. The number of hydrogen-bond donors (Lipinski definition) is 0. The van der Waals surface area contributed by atoms with Gasteiger partial charge in [-0.2, -0.15) is 0 Å². The van der Waals surface area contributed by atoms with Gasteiger partial charge in [-0.25, -0.2) is 0 Å². The Morgan fingerprint density at radius 1 is 1.17 bits per heavy atom. The maximum atomic E-state index is 10.4. The molecule has 0 fully saturated rings. The molecular formula is C6H8N2O4. The van der Waals surface area contributed by atoms with Crippen LogP contribution in [-0.4, -0.2) is 15.5 Å². The number of rotatable bonds is 2. The molecule has 1 aliphatic carbocycles. The van der Waals surface area contributed by atoms with Crippen LogP contribution >= 0.6 is 0 Å². The maximum Gasteiger partial charge on any atom is 0.462 e. The molecule has 1 rings (SSSR count). The minimum Gasteiger partial charge on any atom is -0.258 e. The molecule has 0 aliphatic heterocycles. The summed E-state index contributed by atoms with van der Waals surface area (Å²) in [5, 5.41) is 20.9. The van der Waals surface area contributed by atoms with Crippen LogP contribution in [0.3, 0.4) is 0 Å². The standard InChI is InChI=1S/C6H8N2O4/c9-7(10)6(8(11)12)4-2-1-3-5-6/h1-2H,3-5H2. The summed E-state index contributed by atoms with van der Waals surface area (Å²) in [6.45, 7) is 0. The van der Waals surface area contributed by atoms with Gasteiger partial charge in [0, 0.05) is 0 Å². The molecule has 0 saturated heterocycles. The van der Waals surface area contributed by atoms with Crippen LogP contribution in [0, 0.1) is 20.2 Å². The second-order valence-electron chi connectivity index (χ2n) is 2.71. The first-order valence-electron chi connectivity index (χ1n) is 3.53. The van der Waals surface area contributed by atoms with E-state index < -0.39 is 15.5 Å². The zero-order valence-electron chi connectivity index (χ0n) is 6.30. The van der Waals surface area contributed by atoms with Gasteiger partial charge in [0.1, 0.15) is 6.42 Å². The van der Waals surface area contributed by atoms with Gasteiger partial charge in [0.05, 0.1) is 16.3 Å². The summed E-state index contributed by atoms with van der Waals surface area (Å²) in [5.74, 6) is 0. The second kappa shape index (κ2) is 2.88. The fraction of sp³-hybridized carbons (Fsp3) is 0.667. The molecule has 0 heterocycles. The molecule has 6 nitrogen and oxygen atoms in total. The molecule has 66 valence electrons. The summed E-state index contributed by atoms with van der Waals surface area (Å²) in [6.07, 6.45) is 3.51. The van der Waals surface area contributed by atoms with E-state index in [9.17, 15) is 20.2 Å². The van der Waals surface area contributed by atoms with Crippen LogP contribution < -0.4 is 0 Å². The SMILES string of the molecule is O=[N+]([O-])C1([N+](=O)[O-])CC=CCC1. The quantitative estimate of drug-likeness (QED) is 0.269. The topological polar surface area (TPSA) is 86.3 Å². The summed E-state index contributed by atoms with van der Waals surface area (Å²) in [5.41, 5.74) is -1.96. The first kappa shape index (κ1) is 8.63. The summed E-state index contributed by atoms with van der Waals surface area (Å²) < 4.78 is 0. The molecular weight excluding hydrogens is 164 g/mol. The van der Waals surface area contributed by atoms with Gasteiger partial charge in [-0.3, -0.25) is 20.2 Å². The molecule has 0 atom stereocenters. The van der Waals surface area contributed by atoms with Gasteiger partial charge in [0.15, 0.2) is 0 Å². The molecule has 0 aromatic heterocycles. The van der Waals surface area contributed by atoms with Crippen LogP contribution in [0.5, 0.6) is 0 Å². The molecule has 0 saturated carbocycles. The molecule has 0 spiro atoms. The zero-order chi connectivity index (χ0) is 9.19. The Morgan fingerprint density at radius 2 is 1.75 bits per heavy atom. The van der Waals surface area contributed by atoms with Crippen LogP contribution in [0.15, 0.2) is 12.2 Å². The van der Waals surface area contributed by atoms with E-state index in [2.05, 4.69) is 0 Å². The first-order chi connectivity index (χ1) is 5.59. The molecule has 0 radical (unpaired) electrons. The van der Waals surface area contributed by atoms with Crippen LogP contribution in [0.1, 0.15) is 19.3 Å². The highest BCUT2D eigenvalue weighted by atomic mass is 16.7. The van der Waals surface area contributed by atoms with E-state index in [0.29, 0.717) is 6.42 Å². The molecule has 0 amide bonds. The van der Waals surface area contributed by atoms with Crippen molar-refractivity contribution in [2.45, 2.75) is 24.9 Å². The summed E-state index contributed by atoms with van der Waals surface area (Å²) in [4.78, 5) is 19.3. The van der Waals surface area contributed by atoms with E-state index in [4.69, 9.17) is 0 Å². The highest BCUT2D eigenvalue weighted by molar-refractivity contribution is 4.93. The average Bonchev–Trinajstić information content (AvgIpc) is 2.05. The monoisotopic (exact) mass is 172 g/mol. The Hall–Kier alpha value is -1.46. The van der Waals surface area contributed by atoms with Crippen molar-refractivity contribution in [2.75, 3.05) is 0 Å². The zero-order valence-corrected chi connectivity index (χ0v) is 6.30. The lowest BCUT2D eigenvalue weighted by Gasteiger charge is -2.17. The Labute approximate surface area is 68.2 Å². The lowest BCUT2D eigenvalue weighted by molar-refractivity contribution is -0.797. The largest absolute Gasteiger partial charge is 0.462 e. The van der Waals surface area contributed by atoms with E-state index in [-0.39, 0.29) is 12.8 Å². The third-order valence-corrected chi connectivity index (χ3v) is 2.00. The lowest BCUT2D eigenvalue weighted by atomic mass is 9.96. The van der Waals surface area contributed by atoms with Gasteiger partial charge in [0.25, 0.3) is 0 Å². The molecule has 0 aromatic rings. The van der Waals surface area contributed by atoms with Crippen molar-refractivity contribution in [1.29, 1.82) is 0 Å². The van der Waals surface area contributed by atoms with Gasteiger partial charge in [-0.05, 0) is 6.42 Å². The van der Waals surface area contributed by atoms with Gasteiger partial charge in [-0.1, -0.05) is 12.2 Å². The van der Waals surface area contributed by atoms with Crippen LogP contribution in [0.25, 0.3) is 0 Å². The van der Waals surface area contributed by atoms with Crippen molar-refractivity contribution in [3.8, 4) is 0 Å². The third-order valence-electron chi connectivity index (χ3n) is 2.00. The van der Waals surface area contributed by atoms with E-state index in [1.54, 1.807) is 6.08 Å². The normalized spacial score (nSPS) is 20.3. The predicted octanol–water partition coefficient (Wildman–Crippen LogP) is 0.976. The molecule has 0 bridgehead atoms. The van der Waals surface area contributed by atoms with Crippen molar-refractivity contribution in [3.05, 3.63) is 32.4 Å². The highest BCUT2D eigenvalue weighted by Gasteiger charge is 2.54. The van der Waals surface area contributed by atoms with E-state index in [0.717, 1.165) is 0 Å². The second-order valence-corrected chi connectivity index (χ2v) is 2.71. The molecule has 0 unspecified atom stereocenters. The number of nitrogens with zero attached hydrogens (tertiary/aromatic N) is 2. The van der Waals surface area contributed by atoms with Crippen LogP contribution in [0.2, 0.25) is 0 Å². The summed E-state index contributed by atoms with van der Waals surface area (Å²) in [7, 11) is 0. The van der Waals surface area contributed by atoms with Crippen LogP contribution in [-0.2, 0) is 0 Å². The van der Waals surface area contributed by atoms with Crippen molar-refractivity contribution >= 4 is 0 Å². The number of hydrogen-bond acceptors (Lipinski definition) is 4. The van der Waals surface area contributed by atoms with Crippen molar-refractivity contribution in [2.24, 2.45) is 0 Å². The average molecular weight is 172 g/mol. The first-order valence-corrected chi connectivity index (χ1v) is 3.53. The van der Waals surface area contributed by atoms with Gasteiger partial charge in [-0.15, -0.1) is 0 Å². The van der Waals surface area contributed by atoms with Crippen LogP contribution in [0.4, 0.5) is 0 Å². The highest BCUT2D eigenvalue weighted by Crippen LogP contribution is 2.26. The summed E-state index contributed by atoms with van der Waals surface area (Å²) in [6, 6.07) is 0. The van der Waals surface area contributed by atoms with Gasteiger partial charge in [0.2, 0.25) is 0 Å². The summed E-state index contributed by atoms with van der Waals surface area (Å²) >= 11 is 0. The molecule has 0 aromatic carbocycles. The maximum absolute atomic E-state index is 10.4. The van der Waals surface area contributed by atoms with Crippen molar-refractivity contribution in [1.82, 2.24) is 0 Å². The molecule has 6 heteroatoms. The van der Waals surface area contributed by atoms with E-state index >= 15 is 0 Å². The van der Waals surface area contributed by atoms with E-state index in [1.165, 1.54) is 6.08 Å². The Kier molecular flexibility index (Phi) is 2.07. The fourth-order valence-corrected chi connectivity index (χ4v) is 1.20. The van der Waals surface area contributed by atoms with E-state index in [1.807, 2.05) is 0 Å². The van der Waals surface area contributed by atoms with Crippen molar-refractivity contribution in [3.63, 3.8) is 0 Å². The van der Waals surface area contributed by atoms with Crippen molar-refractivity contribution < 1.29 is 9.85 Å². The van der Waals surface area contributed by atoms with Gasteiger partial charge < -0.3 is 0 Å². The third kappa shape index (κ3) is 1.15. The molecule has 0 N–H and O–H groups in total. The number of allylic oxidation sites excluding steroid dienone is 1. The minimum absolute atomic E-state index is 0.0104. The smallest absolute Gasteiger partial charge is 0.258 e. The Morgan fingerprint density at radius 3 is 2.00 bits per heavy atom. The lowest BCUT2D eigenvalue weighted by Crippen LogP contribution is -2.46. The Bertz CT molecular complexity index is 234. The molecule has 12 heavy (non-hydrogen) atoms. The predicted molar refractivity (Wildman–Crippen MR) is 39.7 cm³/mol. The minimum atomic E-state index is -1.96.